The quantitative estimate of drug-likeness (QED) is 0.563. The Morgan fingerprint density at radius 2 is 1.30 bits per heavy atom. The van der Waals surface area contributed by atoms with Crippen molar-refractivity contribution in [2.45, 2.75) is 59.2 Å². The topological polar surface area (TPSA) is 59.1 Å². The van der Waals surface area contributed by atoms with Crippen LogP contribution >= 0.6 is 0 Å². The van der Waals surface area contributed by atoms with Crippen molar-refractivity contribution in [2.24, 2.45) is 0 Å². The molecule has 0 unspecified atom stereocenters. The first kappa shape index (κ1) is 21.0. The van der Waals surface area contributed by atoms with Crippen LogP contribution in [0.4, 0.5) is 9.59 Å². The summed E-state index contributed by atoms with van der Waals surface area (Å²) in [5, 5.41) is 2.42. The van der Waals surface area contributed by atoms with E-state index in [1.54, 1.807) is 47.6 Å². The Morgan fingerprint density at radius 3 is 1.65 bits per heavy atom. The maximum absolute atomic E-state index is 12.4. The Hall–Kier alpha value is -1.98. The average Bonchev–Trinajstić information content (AvgIpc) is 2.33. The van der Waals surface area contributed by atoms with Crippen molar-refractivity contribution < 1.29 is 19.1 Å². The van der Waals surface area contributed by atoms with E-state index in [9.17, 15) is 9.59 Å². The molecule has 0 atom stereocenters. The largest absolute Gasteiger partial charge is 0.442 e. The van der Waals surface area contributed by atoms with Crippen LogP contribution in [0.5, 0.6) is 0 Å². The zero-order valence-electron chi connectivity index (χ0n) is 15.2. The van der Waals surface area contributed by atoms with Gasteiger partial charge in [0.25, 0.3) is 0 Å². The molecular weight excluding hydrogens is 296 g/mol. The lowest BCUT2D eigenvalue weighted by Crippen LogP contribution is -2.53. The SMILES string of the molecule is C=CCCN(C(=O)OC(C)(C)C)N(CC=C)C(=O)OC(C)(C)C. The molecule has 0 fully saturated rings. The molecule has 0 N–H and O–H groups in total. The predicted molar refractivity (Wildman–Crippen MR) is 90.9 cm³/mol. The molecule has 0 bridgehead atoms. The summed E-state index contributed by atoms with van der Waals surface area (Å²) in [7, 11) is 0. The Morgan fingerprint density at radius 1 is 0.870 bits per heavy atom. The van der Waals surface area contributed by atoms with Crippen molar-refractivity contribution in [2.75, 3.05) is 13.1 Å². The molecule has 0 rings (SSSR count). The van der Waals surface area contributed by atoms with Crippen molar-refractivity contribution in [1.82, 2.24) is 10.0 Å². The van der Waals surface area contributed by atoms with Gasteiger partial charge in [-0.15, -0.1) is 13.2 Å². The van der Waals surface area contributed by atoms with Gasteiger partial charge in [0.2, 0.25) is 0 Å². The molecule has 0 aromatic carbocycles. The van der Waals surface area contributed by atoms with E-state index in [-0.39, 0.29) is 13.1 Å². The second kappa shape index (κ2) is 8.60. The standard InChI is InChI=1S/C17H30N2O4/c1-9-11-13-19(15(21)23-17(6,7)8)18(12-10-2)14(20)22-16(3,4)5/h9-10H,1-2,11-13H2,3-8H3. The number of carbonyl (C=O) groups is 2. The number of rotatable bonds is 5. The van der Waals surface area contributed by atoms with Gasteiger partial charge in [0.05, 0.1) is 6.54 Å². The van der Waals surface area contributed by atoms with Gasteiger partial charge < -0.3 is 9.47 Å². The van der Waals surface area contributed by atoms with E-state index in [0.717, 1.165) is 0 Å². The summed E-state index contributed by atoms with van der Waals surface area (Å²) in [6.45, 7) is 18.2. The predicted octanol–water partition coefficient (Wildman–Crippen LogP) is 4.14. The van der Waals surface area contributed by atoms with Crippen molar-refractivity contribution in [3.63, 3.8) is 0 Å². The van der Waals surface area contributed by atoms with Gasteiger partial charge in [0.15, 0.2) is 0 Å². The summed E-state index contributed by atoms with van der Waals surface area (Å²) < 4.78 is 10.7. The summed E-state index contributed by atoms with van der Waals surface area (Å²) in [5.41, 5.74) is -1.34. The van der Waals surface area contributed by atoms with Gasteiger partial charge in [-0.3, -0.25) is 0 Å². The number of hydrogen-bond donors (Lipinski definition) is 0. The first-order valence-electron chi connectivity index (χ1n) is 7.64. The Balaban J connectivity index is 5.39. The molecule has 0 aliphatic rings. The summed E-state index contributed by atoms with van der Waals surface area (Å²) in [6, 6.07) is 0. The number of hydrazine groups is 1. The van der Waals surface area contributed by atoms with Crippen LogP contribution in [-0.4, -0.2) is 46.5 Å². The molecular formula is C17H30N2O4. The van der Waals surface area contributed by atoms with E-state index in [1.165, 1.54) is 16.1 Å². The maximum atomic E-state index is 12.4. The summed E-state index contributed by atoms with van der Waals surface area (Å²) >= 11 is 0. The molecule has 0 aromatic heterocycles. The monoisotopic (exact) mass is 326 g/mol. The fraction of sp³-hybridized carbons (Fsp3) is 0.647. The van der Waals surface area contributed by atoms with E-state index in [1.807, 2.05) is 0 Å². The molecule has 132 valence electrons. The van der Waals surface area contributed by atoms with Crippen LogP contribution < -0.4 is 0 Å². The minimum absolute atomic E-state index is 0.130. The minimum atomic E-state index is -0.672. The van der Waals surface area contributed by atoms with Gasteiger partial charge in [-0.1, -0.05) is 12.2 Å². The summed E-state index contributed by atoms with van der Waals surface area (Å²) in [5.74, 6) is 0. The van der Waals surface area contributed by atoms with Gasteiger partial charge >= 0.3 is 12.2 Å². The normalized spacial score (nSPS) is 11.4. The Kier molecular flexibility index (Phi) is 7.86. The van der Waals surface area contributed by atoms with Crippen LogP contribution in [0.3, 0.4) is 0 Å². The molecule has 6 nitrogen and oxygen atoms in total. The van der Waals surface area contributed by atoms with Crippen molar-refractivity contribution >= 4 is 12.2 Å². The second-order valence-electron chi connectivity index (χ2n) is 7.03. The highest BCUT2D eigenvalue weighted by Crippen LogP contribution is 2.16. The van der Waals surface area contributed by atoms with Crippen LogP contribution in [0.2, 0.25) is 0 Å². The van der Waals surface area contributed by atoms with Crippen LogP contribution in [-0.2, 0) is 9.47 Å². The van der Waals surface area contributed by atoms with Crippen LogP contribution in [0.25, 0.3) is 0 Å². The molecule has 0 saturated carbocycles. The zero-order chi connectivity index (χ0) is 18.3. The van der Waals surface area contributed by atoms with Crippen molar-refractivity contribution in [3.05, 3.63) is 25.3 Å². The molecule has 0 aromatic rings. The number of carbonyl (C=O) groups excluding carboxylic acids is 2. The van der Waals surface area contributed by atoms with Crippen LogP contribution in [0, 0.1) is 0 Å². The third-order valence-corrected chi connectivity index (χ3v) is 2.35. The maximum Gasteiger partial charge on any atom is 0.429 e. The lowest BCUT2D eigenvalue weighted by molar-refractivity contribution is -0.0578. The zero-order valence-corrected chi connectivity index (χ0v) is 15.2. The number of hydrogen-bond acceptors (Lipinski definition) is 4. The molecule has 0 heterocycles. The molecule has 0 radical (unpaired) electrons. The molecule has 0 aliphatic carbocycles. The third-order valence-electron chi connectivity index (χ3n) is 2.35. The minimum Gasteiger partial charge on any atom is -0.442 e. The lowest BCUT2D eigenvalue weighted by Gasteiger charge is -2.36. The summed E-state index contributed by atoms with van der Waals surface area (Å²) in [4.78, 5) is 24.8. The highest BCUT2D eigenvalue weighted by molar-refractivity contribution is 5.74. The average molecular weight is 326 g/mol. The van der Waals surface area contributed by atoms with E-state index < -0.39 is 23.4 Å². The molecule has 23 heavy (non-hydrogen) atoms. The molecule has 0 spiro atoms. The second-order valence-corrected chi connectivity index (χ2v) is 7.03. The van der Waals surface area contributed by atoms with Gasteiger partial charge in [-0.2, -0.15) is 0 Å². The molecule has 0 saturated heterocycles. The van der Waals surface area contributed by atoms with Gasteiger partial charge in [-0.25, -0.2) is 19.6 Å². The highest BCUT2D eigenvalue weighted by Gasteiger charge is 2.31. The smallest absolute Gasteiger partial charge is 0.429 e. The van der Waals surface area contributed by atoms with Crippen molar-refractivity contribution in [3.8, 4) is 0 Å². The van der Waals surface area contributed by atoms with E-state index >= 15 is 0 Å². The van der Waals surface area contributed by atoms with Crippen LogP contribution in [0.1, 0.15) is 48.0 Å². The molecule has 6 heteroatoms. The van der Waals surface area contributed by atoms with Crippen molar-refractivity contribution in [1.29, 1.82) is 0 Å². The number of nitrogens with zero attached hydrogens (tertiary/aromatic N) is 2. The fourth-order valence-electron chi connectivity index (χ4n) is 1.55. The van der Waals surface area contributed by atoms with E-state index in [2.05, 4.69) is 13.2 Å². The van der Waals surface area contributed by atoms with Gasteiger partial charge in [-0.05, 0) is 48.0 Å². The number of amides is 2. The summed E-state index contributed by atoms with van der Waals surface area (Å²) in [6.07, 6.45) is 2.45. The number of ether oxygens (including phenoxy) is 2. The first-order chi connectivity index (χ1) is 10.4. The van der Waals surface area contributed by atoms with E-state index in [4.69, 9.17) is 9.47 Å². The Bertz CT molecular complexity index is 433. The third kappa shape index (κ3) is 8.90. The van der Waals surface area contributed by atoms with Gasteiger partial charge in [0.1, 0.15) is 11.2 Å². The fourth-order valence-corrected chi connectivity index (χ4v) is 1.55. The lowest BCUT2D eigenvalue weighted by atomic mass is 10.2. The van der Waals surface area contributed by atoms with Gasteiger partial charge in [0, 0.05) is 6.54 Å². The molecule has 0 aliphatic heterocycles. The van der Waals surface area contributed by atoms with E-state index in [0.29, 0.717) is 6.42 Å². The Labute approximate surface area is 139 Å². The first-order valence-corrected chi connectivity index (χ1v) is 7.64. The highest BCUT2D eigenvalue weighted by atomic mass is 16.6. The molecule has 2 amide bonds. The van der Waals surface area contributed by atoms with Crippen LogP contribution in [0.15, 0.2) is 25.3 Å².